The molecule has 1 fully saturated rings. The quantitative estimate of drug-likeness (QED) is 0.476. The van der Waals surface area contributed by atoms with Gasteiger partial charge in [0.2, 0.25) is 0 Å². The summed E-state index contributed by atoms with van der Waals surface area (Å²) in [5, 5.41) is 0.377. The van der Waals surface area contributed by atoms with E-state index in [1.54, 1.807) is 35.4 Å². The average Bonchev–Trinajstić information content (AvgIpc) is 3.16. The minimum absolute atomic E-state index is 0.0501. The minimum atomic E-state index is -0.550. The molecule has 1 unspecified atom stereocenters. The molecule has 10 heteroatoms. The highest BCUT2D eigenvalue weighted by Crippen LogP contribution is 2.26. The van der Waals surface area contributed by atoms with Crippen LogP contribution in [0, 0.1) is 0 Å². The summed E-state index contributed by atoms with van der Waals surface area (Å²) in [7, 11) is 1.36. The fourth-order valence-electron chi connectivity index (χ4n) is 3.77. The molecule has 1 atom stereocenters. The highest BCUT2D eigenvalue weighted by Gasteiger charge is 2.32. The molecule has 0 aliphatic carbocycles. The maximum Gasteiger partial charge on any atom is 0.417 e. The zero-order valence-corrected chi connectivity index (χ0v) is 17.6. The number of piperazine rings is 1. The molecule has 162 valence electrons. The molecule has 0 radical (unpaired) electrons. The van der Waals surface area contributed by atoms with Crippen LogP contribution in [0.1, 0.15) is 28.4 Å². The van der Waals surface area contributed by atoms with Crippen LogP contribution in [0.2, 0.25) is 5.15 Å². The number of ether oxygens (including phenoxy) is 1. The summed E-state index contributed by atoms with van der Waals surface area (Å²) >= 11 is 5.90. The zero-order valence-electron chi connectivity index (χ0n) is 16.8. The molecule has 9 nitrogen and oxygen atoms in total. The van der Waals surface area contributed by atoms with Crippen LogP contribution >= 0.6 is 11.6 Å². The van der Waals surface area contributed by atoms with Crippen molar-refractivity contribution in [2.75, 3.05) is 33.3 Å². The number of fused-ring (bicyclic) bond motifs is 1. The van der Waals surface area contributed by atoms with Gasteiger partial charge in [0.15, 0.2) is 11.4 Å². The van der Waals surface area contributed by atoms with E-state index >= 15 is 0 Å². The number of methoxy groups -OCH3 is 1. The lowest BCUT2D eigenvalue weighted by Gasteiger charge is -2.40. The van der Waals surface area contributed by atoms with Crippen LogP contribution in [0.3, 0.4) is 0 Å². The number of nitrogens with one attached hydrogen (secondary N) is 1. The fraction of sp³-hybridized carbons (Fsp3) is 0.333. The molecule has 0 bridgehead atoms. The number of oxazole rings is 1. The van der Waals surface area contributed by atoms with Gasteiger partial charge >= 0.3 is 11.8 Å². The molecule has 31 heavy (non-hydrogen) atoms. The third-order valence-electron chi connectivity index (χ3n) is 5.41. The molecule has 1 aliphatic heterocycles. The second-order valence-electron chi connectivity index (χ2n) is 7.29. The summed E-state index contributed by atoms with van der Waals surface area (Å²) in [6.07, 6.45) is 1.54. The Bertz CT molecular complexity index is 1160. The second-order valence-corrected chi connectivity index (χ2v) is 7.68. The number of aromatic amines is 1. The van der Waals surface area contributed by atoms with E-state index in [4.69, 9.17) is 20.8 Å². The Balaban J connectivity index is 1.44. The van der Waals surface area contributed by atoms with E-state index in [1.165, 1.54) is 7.11 Å². The van der Waals surface area contributed by atoms with Gasteiger partial charge in [-0.2, -0.15) is 0 Å². The number of carbonyl (C=O) groups is 2. The Morgan fingerprint density at radius 1 is 1.29 bits per heavy atom. The van der Waals surface area contributed by atoms with Crippen molar-refractivity contribution in [2.24, 2.45) is 0 Å². The number of benzene rings is 1. The highest BCUT2D eigenvalue weighted by molar-refractivity contribution is 6.29. The van der Waals surface area contributed by atoms with Gasteiger partial charge in [-0.25, -0.2) is 14.6 Å². The lowest BCUT2D eigenvalue weighted by Crippen LogP contribution is -2.51. The predicted molar refractivity (Wildman–Crippen MR) is 113 cm³/mol. The molecule has 4 rings (SSSR count). The summed E-state index contributed by atoms with van der Waals surface area (Å²) < 4.78 is 9.96. The highest BCUT2D eigenvalue weighted by atomic mass is 35.5. The molecule has 3 heterocycles. The van der Waals surface area contributed by atoms with E-state index in [9.17, 15) is 14.4 Å². The van der Waals surface area contributed by atoms with Crippen LogP contribution in [0.25, 0.3) is 11.1 Å². The molecule has 3 aromatic rings. The van der Waals surface area contributed by atoms with Crippen LogP contribution in [0.5, 0.6) is 0 Å². The molecule has 1 N–H and O–H groups in total. The van der Waals surface area contributed by atoms with Gasteiger partial charge < -0.3 is 9.15 Å². The van der Waals surface area contributed by atoms with Crippen LogP contribution in [0.15, 0.2) is 45.7 Å². The Morgan fingerprint density at radius 3 is 2.87 bits per heavy atom. The Labute approximate surface area is 182 Å². The summed E-state index contributed by atoms with van der Waals surface area (Å²) in [5.41, 5.74) is 2.25. The number of amides is 1. The summed E-state index contributed by atoms with van der Waals surface area (Å²) in [6.45, 7) is 2.15. The molecule has 2 aromatic heterocycles. The molecule has 1 saturated heterocycles. The number of rotatable bonds is 5. The fourth-order valence-corrected chi connectivity index (χ4v) is 3.88. The van der Waals surface area contributed by atoms with Gasteiger partial charge in [-0.3, -0.25) is 19.6 Å². The molecule has 1 aliphatic rings. The number of ketones is 1. The SMILES string of the molecule is COC(=O)N1CCN(CCC(=O)c2ccc3[nH]c(=O)oc3c2)CC1c1ccc(Cl)nc1. The Morgan fingerprint density at radius 2 is 2.13 bits per heavy atom. The van der Waals surface area contributed by atoms with Gasteiger partial charge in [-0.1, -0.05) is 17.7 Å². The number of aromatic nitrogens is 2. The maximum absolute atomic E-state index is 12.7. The largest absolute Gasteiger partial charge is 0.453 e. The number of carbonyl (C=O) groups excluding carboxylic acids is 2. The number of Topliss-reactive ketones (excluding diaryl/α,β-unsaturated/α-hetero) is 1. The third kappa shape index (κ3) is 4.62. The van der Waals surface area contributed by atoms with Crippen molar-refractivity contribution in [1.29, 1.82) is 0 Å². The van der Waals surface area contributed by atoms with Crippen LogP contribution < -0.4 is 5.76 Å². The van der Waals surface area contributed by atoms with Gasteiger partial charge in [0.1, 0.15) is 5.15 Å². The number of hydrogen-bond acceptors (Lipinski definition) is 7. The van der Waals surface area contributed by atoms with Crippen molar-refractivity contribution < 1.29 is 18.7 Å². The first kappa shape index (κ1) is 21.1. The van der Waals surface area contributed by atoms with E-state index in [0.717, 1.165) is 5.56 Å². The first-order valence-corrected chi connectivity index (χ1v) is 10.2. The van der Waals surface area contributed by atoms with Crippen LogP contribution in [0.4, 0.5) is 4.79 Å². The number of H-pyrrole nitrogens is 1. The topological polar surface area (TPSA) is 109 Å². The molecule has 1 aromatic carbocycles. The van der Waals surface area contributed by atoms with E-state index in [-0.39, 0.29) is 11.8 Å². The number of nitrogens with zero attached hydrogens (tertiary/aromatic N) is 3. The summed E-state index contributed by atoms with van der Waals surface area (Å²) in [5.74, 6) is -0.600. The van der Waals surface area contributed by atoms with E-state index in [1.807, 2.05) is 6.07 Å². The van der Waals surface area contributed by atoms with Crippen molar-refractivity contribution in [1.82, 2.24) is 19.8 Å². The van der Waals surface area contributed by atoms with Gasteiger partial charge in [-0.05, 0) is 29.8 Å². The number of halogens is 1. The summed E-state index contributed by atoms with van der Waals surface area (Å²) in [6, 6.07) is 8.17. The number of pyridine rings is 1. The van der Waals surface area contributed by atoms with Crippen LogP contribution in [-0.2, 0) is 4.74 Å². The smallest absolute Gasteiger partial charge is 0.417 e. The Kier molecular flexibility index (Phi) is 6.06. The minimum Gasteiger partial charge on any atom is -0.453 e. The van der Waals surface area contributed by atoms with Crippen molar-refractivity contribution in [3.8, 4) is 0 Å². The molecule has 1 amide bonds. The molecule has 0 saturated carbocycles. The van der Waals surface area contributed by atoms with Gasteiger partial charge in [0, 0.05) is 44.4 Å². The first-order valence-electron chi connectivity index (χ1n) is 9.79. The third-order valence-corrected chi connectivity index (χ3v) is 5.63. The standard InChI is InChI=1S/C21H21ClN4O5/c1-30-21(29)26-9-8-25(12-16(26)14-3-5-19(22)23-11-14)7-6-17(27)13-2-4-15-18(10-13)31-20(28)24-15/h2-5,10-11,16H,6-9,12H2,1H3,(H,24,28). The van der Waals surface area contributed by atoms with Crippen molar-refractivity contribution >= 4 is 34.6 Å². The maximum atomic E-state index is 12.7. The van der Waals surface area contributed by atoms with Crippen molar-refractivity contribution in [3.63, 3.8) is 0 Å². The first-order chi connectivity index (χ1) is 14.9. The van der Waals surface area contributed by atoms with E-state index in [2.05, 4.69) is 14.9 Å². The lowest BCUT2D eigenvalue weighted by atomic mass is 10.0. The molecule has 0 spiro atoms. The normalized spacial score (nSPS) is 17.1. The van der Waals surface area contributed by atoms with Crippen molar-refractivity contribution in [3.05, 3.63) is 63.4 Å². The monoisotopic (exact) mass is 444 g/mol. The molecular formula is C21H21ClN4O5. The zero-order chi connectivity index (χ0) is 22.0. The van der Waals surface area contributed by atoms with Crippen molar-refractivity contribution in [2.45, 2.75) is 12.5 Å². The molecular weight excluding hydrogens is 424 g/mol. The van der Waals surface area contributed by atoms with Gasteiger partial charge in [0.05, 0.1) is 18.7 Å². The van der Waals surface area contributed by atoms with Gasteiger partial charge in [0.25, 0.3) is 0 Å². The predicted octanol–water partition coefficient (Wildman–Crippen LogP) is 2.87. The lowest BCUT2D eigenvalue weighted by molar-refractivity contribution is 0.0549. The van der Waals surface area contributed by atoms with Crippen LogP contribution in [-0.4, -0.2) is 64.9 Å². The van der Waals surface area contributed by atoms with E-state index < -0.39 is 11.8 Å². The second kappa shape index (κ2) is 8.91. The Hall–Kier alpha value is -3.17. The number of hydrogen-bond donors (Lipinski definition) is 1. The average molecular weight is 445 g/mol. The van der Waals surface area contributed by atoms with E-state index in [0.29, 0.717) is 54.4 Å². The summed E-state index contributed by atoms with van der Waals surface area (Å²) in [4.78, 5) is 46.7. The van der Waals surface area contributed by atoms with Gasteiger partial charge in [-0.15, -0.1) is 0 Å².